The predicted molar refractivity (Wildman–Crippen MR) is 148 cm³/mol. The lowest BCUT2D eigenvalue weighted by Crippen LogP contribution is -2.45. The van der Waals surface area contributed by atoms with Crippen LogP contribution < -0.4 is 5.32 Å². The van der Waals surface area contributed by atoms with E-state index in [1.807, 2.05) is 26.8 Å². The number of fused-ring (bicyclic) bond motifs is 3. The number of hydrogen-bond donors (Lipinski definition) is 1. The Balaban J connectivity index is 1.28. The number of carbonyl (C=O) groups is 2. The molecule has 0 spiro atoms. The molecule has 40 heavy (non-hydrogen) atoms. The van der Waals surface area contributed by atoms with Crippen molar-refractivity contribution >= 4 is 12.2 Å². The Morgan fingerprint density at radius 1 is 1.18 bits per heavy atom. The molecule has 2 fully saturated rings. The van der Waals surface area contributed by atoms with E-state index in [0.29, 0.717) is 37.6 Å². The number of ether oxygens (including phenoxy) is 2. The van der Waals surface area contributed by atoms with Crippen LogP contribution >= 0.6 is 0 Å². The third-order valence-electron chi connectivity index (χ3n) is 8.50. The van der Waals surface area contributed by atoms with E-state index in [0.717, 1.165) is 61.4 Å². The Labute approximate surface area is 236 Å². The van der Waals surface area contributed by atoms with Gasteiger partial charge in [-0.25, -0.2) is 19.0 Å². The van der Waals surface area contributed by atoms with E-state index in [2.05, 4.69) is 21.7 Å². The molecule has 3 atom stereocenters. The van der Waals surface area contributed by atoms with Crippen molar-refractivity contribution in [2.75, 3.05) is 20.2 Å². The molecule has 2 saturated heterocycles. The third-order valence-corrected chi connectivity index (χ3v) is 8.50. The molecule has 10 heteroatoms. The lowest BCUT2D eigenvalue weighted by atomic mass is 9.95. The molecule has 0 saturated carbocycles. The third kappa shape index (κ3) is 6.11. The number of nitrogens with one attached hydrogen (secondary N) is 1. The van der Waals surface area contributed by atoms with E-state index < -0.39 is 11.7 Å². The van der Waals surface area contributed by atoms with Crippen molar-refractivity contribution in [1.29, 1.82) is 0 Å². The predicted octanol–water partition coefficient (Wildman–Crippen LogP) is 5.28. The number of alkyl carbamates (subject to hydrolysis) is 1. The van der Waals surface area contributed by atoms with Gasteiger partial charge < -0.3 is 24.3 Å². The minimum Gasteiger partial charge on any atom is -0.453 e. The molecule has 2 bridgehead atoms. The Hall–Kier alpha value is -3.14. The first kappa shape index (κ1) is 28.4. The maximum atomic E-state index is 14.1. The molecule has 3 aliphatic heterocycles. The molecule has 3 aliphatic rings. The van der Waals surface area contributed by atoms with Crippen LogP contribution in [0.25, 0.3) is 0 Å². The summed E-state index contributed by atoms with van der Waals surface area (Å²) in [4.78, 5) is 34.1. The fourth-order valence-corrected chi connectivity index (χ4v) is 6.88. The van der Waals surface area contributed by atoms with Crippen molar-refractivity contribution in [2.24, 2.45) is 0 Å². The van der Waals surface area contributed by atoms with E-state index in [1.165, 1.54) is 19.2 Å². The SMILES string of the molecule is COC(=O)N1CCc2nc(C)n(C3CC4CCC(C3)N4CC[C@H](NC(=O)OC(C)(C)C)c3cccc(F)c3)c2C1. The molecule has 4 heterocycles. The van der Waals surface area contributed by atoms with Gasteiger partial charge in [0.25, 0.3) is 0 Å². The molecular weight excluding hydrogens is 513 g/mol. The average Bonchev–Trinajstić information content (AvgIpc) is 3.34. The fraction of sp³-hybridized carbons (Fsp3) is 0.633. The van der Waals surface area contributed by atoms with Crippen LogP contribution in [0.2, 0.25) is 0 Å². The summed E-state index contributed by atoms with van der Waals surface area (Å²) in [6.45, 7) is 9.53. The second kappa shape index (κ2) is 11.4. The van der Waals surface area contributed by atoms with Crippen molar-refractivity contribution < 1.29 is 23.5 Å². The van der Waals surface area contributed by atoms with E-state index >= 15 is 0 Å². The van der Waals surface area contributed by atoms with Crippen molar-refractivity contribution in [2.45, 2.75) is 103 Å². The van der Waals surface area contributed by atoms with Crippen LogP contribution in [0.1, 0.15) is 87.7 Å². The van der Waals surface area contributed by atoms with E-state index in [4.69, 9.17) is 14.5 Å². The molecule has 9 nitrogen and oxygen atoms in total. The van der Waals surface area contributed by atoms with Gasteiger partial charge >= 0.3 is 12.2 Å². The average molecular weight is 556 g/mol. The van der Waals surface area contributed by atoms with Gasteiger partial charge in [-0.05, 0) is 77.5 Å². The first-order valence-corrected chi connectivity index (χ1v) is 14.4. The van der Waals surface area contributed by atoms with Gasteiger partial charge in [-0.3, -0.25) is 4.90 Å². The number of piperidine rings is 1. The summed E-state index contributed by atoms with van der Waals surface area (Å²) in [6.07, 6.45) is 4.92. The second-order valence-corrected chi connectivity index (χ2v) is 12.4. The van der Waals surface area contributed by atoms with Crippen molar-refractivity contribution in [1.82, 2.24) is 24.7 Å². The van der Waals surface area contributed by atoms with Crippen molar-refractivity contribution in [3.63, 3.8) is 0 Å². The highest BCUT2D eigenvalue weighted by Crippen LogP contribution is 2.43. The highest BCUT2D eigenvalue weighted by atomic mass is 19.1. The molecule has 2 aromatic rings. The summed E-state index contributed by atoms with van der Waals surface area (Å²) in [5.41, 5.74) is 2.36. The lowest BCUT2D eigenvalue weighted by molar-refractivity contribution is 0.0488. The van der Waals surface area contributed by atoms with Crippen LogP contribution in [-0.2, 0) is 22.4 Å². The fourth-order valence-electron chi connectivity index (χ4n) is 6.88. The molecule has 5 rings (SSSR count). The standard InChI is InChI=1S/C30H42FN5O4/c1-19-32-26-11-13-34(29(38)39-5)18-27(26)36(19)24-16-22-9-10-23(17-24)35(22)14-12-25(20-7-6-8-21(31)15-20)33-28(37)40-30(2,3)4/h6-8,15,22-25H,9-14,16-18H2,1-5H3,(H,33,37)/t22?,23?,24?,25-/m0/s1. The topological polar surface area (TPSA) is 88.9 Å². The minimum atomic E-state index is -0.615. The van der Waals surface area contributed by atoms with Crippen molar-refractivity contribution in [3.05, 3.63) is 52.9 Å². The van der Waals surface area contributed by atoms with Crippen LogP contribution in [0.4, 0.5) is 14.0 Å². The molecule has 0 aliphatic carbocycles. The molecule has 1 aromatic heterocycles. The first-order valence-electron chi connectivity index (χ1n) is 14.4. The smallest absolute Gasteiger partial charge is 0.409 e. The largest absolute Gasteiger partial charge is 0.453 e. The molecule has 0 radical (unpaired) electrons. The molecule has 1 N–H and O–H groups in total. The maximum Gasteiger partial charge on any atom is 0.409 e. The number of hydrogen-bond acceptors (Lipinski definition) is 6. The van der Waals surface area contributed by atoms with Gasteiger partial charge in [-0.2, -0.15) is 0 Å². The van der Waals surface area contributed by atoms with Crippen molar-refractivity contribution in [3.8, 4) is 0 Å². The van der Waals surface area contributed by atoms with Gasteiger partial charge in [0.15, 0.2) is 0 Å². The van der Waals surface area contributed by atoms with E-state index in [-0.39, 0.29) is 18.0 Å². The molecule has 218 valence electrons. The highest BCUT2D eigenvalue weighted by molar-refractivity contribution is 5.68. The summed E-state index contributed by atoms with van der Waals surface area (Å²) in [5, 5.41) is 2.99. The quantitative estimate of drug-likeness (QED) is 0.522. The lowest BCUT2D eigenvalue weighted by Gasteiger charge is -2.41. The van der Waals surface area contributed by atoms with Gasteiger partial charge in [-0.1, -0.05) is 12.1 Å². The van der Waals surface area contributed by atoms with E-state index in [1.54, 1.807) is 11.0 Å². The van der Waals surface area contributed by atoms with Crippen LogP contribution in [-0.4, -0.2) is 69.4 Å². The van der Waals surface area contributed by atoms with Crippen LogP contribution in [0.15, 0.2) is 24.3 Å². The highest BCUT2D eigenvalue weighted by Gasteiger charge is 2.42. The number of amides is 2. The Kier molecular flexibility index (Phi) is 8.08. The maximum absolute atomic E-state index is 14.1. The zero-order chi connectivity index (χ0) is 28.6. The molecular formula is C30H42FN5O4. The number of rotatable bonds is 6. The van der Waals surface area contributed by atoms with Gasteiger partial charge in [0.2, 0.25) is 0 Å². The molecule has 1 aromatic carbocycles. The van der Waals surface area contributed by atoms with Gasteiger partial charge in [0.1, 0.15) is 17.2 Å². The number of aromatic nitrogens is 2. The summed E-state index contributed by atoms with van der Waals surface area (Å²) >= 11 is 0. The van der Waals surface area contributed by atoms with Crippen LogP contribution in [0.5, 0.6) is 0 Å². The van der Waals surface area contributed by atoms with E-state index in [9.17, 15) is 14.0 Å². The number of carbonyl (C=O) groups excluding carboxylic acids is 2. The van der Waals surface area contributed by atoms with Gasteiger partial charge in [0, 0.05) is 37.6 Å². The second-order valence-electron chi connectivity index (χ2n) is 12.4. The zero-order valence-electron chi connectivity index (χ0n) is 24.3. The number of methoxy groups -OCH3 is 1. The summed E-state index contributed by atoms with van der Waals surface area (Å²) < 4.78 is 27.0. The normalized spacial score (nSPS) is 23.4. The Morgan fingerprint density at radius 3 is 2.55 bits per heavy atom. The zero-order valence-corrected chi connectivity index (χ0v) is 24.3. The monoisotopic (exact) mass is 555 g/mol. The number of aryl methyl sites for hydroxylation is 1. The summed E-state index contributed by atoms with van der Waals surface area (Å²) in [5.74, 6) is 0.696. The Morgan fingerprint density at radius 2 is 1.90 bits per heavy atom. The summed E-state index contributed by atoms with van der Waals surface area (Å²) in [6, 6.07) is 7.28. The Bertz CT molecular complexity index is 1230. The summed E-state index contributed by atoms with van der Waals surface area (Å²) in [7, 11) is 1.43. The number of imidazole rings is 1. The molecule has 2 amide bonds. The van der Waals surface area contributed by atoms with Crippen LogP contribution in [0.3, 0.4) is 0 Å². The minimum absolute atomic E-state index is 0.293. The molecule has 2 unspecified atom stereocenters. The van der Waals surface area contributed by atoms with Gasteiger partial charge in [-0.15, -0.1) is 0 Å². The number of nitrogens with zero attached hydrogens (tertiary/aromatic N) is 4. The first-order chi connectivity index (χ1) is 19.0. The van der Waals surface area contributed by atoms with Gasteiger partial charge in [0.05, 0.1) is 31.1 Å². The number of halogens is 1. The van der Waals surface area contributed by atoms with Crippen LogP contribution in [0, 0.1) is 12.7 Å². The number of benzene rings is 1.